The molecule has 0 fully saturated rings. The summed E-state index contributed by atoms with van der Waals surface area (Å²) in [6.07, 6.45) is 0. The fourth-order valence-corrected chi connectivity index (χ4v) is 1.79. The smallest absolute Gasteiger partial charge is 0.475 e. The highest BCUT2D eigenvalue weighted by Gasteiger charge is 2.36. The predicted molar refractivity (Wildman–Crippen MR) is 80.0 cm³/mol. The lowest BCUT2D eigenvalue weighted by Crippen LogP contribution is -2.35. The van der Waals surface area contributed by atoms with Crippen molar-refractivity contribution in [2.24, 2.45) is 5.92 Å². The summed E-state index contributed by atoms with van der Waals surface area (Å²) in [6, 6.07) is 8.99. The van der Waals surface area contributed by atoms with Crippen LogP contribution in [-0.2, 0) is 9.53 Å². The summed E-state index contributed by atoms with van der Waals surface area (Å²) in [4.78, 5) is 16.8. The van der Waals surface area contributed by atoms with Crippen molar-refractivity contribution < 1.29 is 14.6 Å². The second-order valence-electron chi connectivity index (χ2n) is 4.83. The van der Waals surface area contributed by atoms with E-state index in [1.807, 2.05) is 19.9 Å². The summed E-state index contributed by atoms with van der Waals surface area (Å²) in [5.41, 5.74) is 0.142. The van der Waals surface area contributed by atoms with Gasteiger partial charge < -0.3 is 14.7 Å². The molecule has 6 heteroatoms. The van der Waals surface area contributed by atoms with Crippen molar-refractivity contribution in [3.63, 3.8) is 0 Å². The number of amides is 1. The Morgan fingerprint density at radius 2 is 2.00 bits per heavy atom. The van der Waals surface area contributed by atoms with Crippen LogP contribution in [0.25, 0.3) is 4.98 Å². The van der Waals surface area contributed by atoms with E-state index in [2.05, 4.69) is 4.98 Å². The highest BCUT2D eigenvalue weighted by atomic mass is 16.6. The number of aliphatic hydroxyl groups excluding tert-OH is 1. The van der Waals surface area contributed by atoms with Gasteiger partial charge >= 0.3 is 17.5 Å². The van der Waals surface area contributed by atoms with E-state index in [4.69, 9.17) is 10.1 Å². The number of diazo groups is 1. The van der Waals surface area contributed by atoms with Crippen molar-refractivity contribution in [2.75, 3.05) is 18.1 Å². The van der Waals surface area contributed by atoms with Gasteiger partial charge in [0.25, 0.3) is 0 Å². The first-order valence-corrected chi connectivity index (χ1v) is 6.79. The van der Waals surface area contributed by atoms with Crippen molar-refractivity contribution >= 4 is 11.6 Å². The number of ether oxygens (including phenoxy) is 1. The van der Waals surface area contributed by atoms with Crippen LogP contribution in [-0.4, -0.2) is 24.2 Å². The Labute approximate surface area is 124 Å². The van der Waals surface area contributed by atoms with Crippen molar-refractivity contribution in [1.82, 2.24) is 0 Å². The average Bonchev–Trinajstić information content (AvgIpc) is 2.46. The third-order valence-electron chi connectivity index (χ3n) is 2.65. The molecule has 0 spiro atoms. The van der Waals surface area contributed by atoms with E-state index < -0.39 is 17.5 Å². The summed E-state index contributed by atoms with van der Waals surface area (Å²) in [6.45, 7) is 6.16. The SMILES string of the molecule is CCO/C(O)=C(\[N+]#N)C(=O)N(CC(C)C)c1ccccc1. The van der Waals surface area contributed by atoms with Crippen LogP contribution >= 0.6 is 0 Å². The number of anilines is 1. The van der Waals surface area contributed by atoms with Crippen molar-refractivity contribution in [3.05, 3.63) is 47.0 Å². The zero-order valence-electron chi connectivity index (χ0n) is 12.5. The summed E-state index contributed by atoms with van der Waals surface area (Å²) in [5, 5.41) is 18.7. The monoisotopic (exact) mass is 290 g/mol. The second kappa shape index (κ2) is 7.90. The Balaban J connectivity index is 3.17. The molecule has 6 nitrogen and oxygen atoms in total. The Morgan fingerprint density at radius 1 is 1.38 bits per heavy atom. The molecule has 1 rings (SSSR count). The van der Waals surface area contributed by atoms with Crippen LogP contribution in [0.1, 0.15) is 20.8 Å². The maximum absolute atomic E-state index is 12.5. The standard InChI is InChI=1S/C15H19N3O3/c1-4-21-15(20)13(17-16)14(19)18(10-11(2)3)12-8-6-5-7-9-12/h5-9,11H,4,10H2,1-3H3/p+1. The Bertz CT molecular complexity index is 547. The lowest BCUT2D eigenvalue weighted by atomic mass is 10.1. The van der Waals surface area contributed by atoms with Gasteiger partial charge in [-0.3, -0.25) is 4.79 Å². The number of nitrogens with zero attached hydrogens (tertiary/aromatic N) is 3. The summed E-state index contributed by atoms with van der Waals surface area (Å²) < 4.78 is 4.84. The molecule has 1 aromatic rings. The van der Waals surface area contributed by atoms with E-state index in [0.717, 1.165) is 0 Å². The molecule has 112 valence electrons. The topological polar surface area (TPSA) is 77.9 Å². The number of hydrogen-bond acceptors (Lipinski definition) is 4. The van der Waals surface area contributed by atoms with Crippen molar-refractivity contribution in [1.29, 1.82) is 5.39 Å². The summed E-state index contributed by atoms with van der Waals surface area (Å²) >= 11 is 0. The van der Waals surface area contributed by atoms with Gasteiger partial charge in [0.2, 0.25) is 5.39 Å². The molecule has 1 N–H and O–H groups in total. The molecular formula is C15H20N3O3+. The van der Waals surface area contributed by atoms with Crippen LogP contribution in [0.3, 0.4) is 0 Å². The maximum Gasteiger partial charge on any atom is 0.527 e. The number of rotatable bonds is 6. The molecule has 1 aromatic carbocycles. The fourth-order valence-electron chi connectivity index (χ4n) is 1.79. The first-order valence-electron chi connectivity index (χ1n) is 6.79. The zero-order chi connectivity index (χ0) is 15.8. The quantitative estimate of drug-likeness (QED) is 0.495. The molecule has 0 heterocycles. The van der Waals surface area contributed by atoms with Gasteiger partial charge in [-0.1, -0.05) is 32.0 Å². The van der Waals surface area contributed by atoms with Gasteiger partial charge in [0.1, 0.15) is 0 Å². The molecule has 1 amide bonds. The number of para-hydroxylation sites is 1. The highest BCUT2D eigenvalue weighted by molar-refractivity contribution is 6.06. The van der Waals surface area contributed by atoms with Crippen LogP contribution in [0, 0.1) is 11.3 Å². The maximum atomic E-state index is 12.5. The van der Waals surface area contributed by atoms with Gasteiger partial charge in [-0.2, -0.15) is 0 Å². The molecule has 0 saturated carbocycles. The Kier molecular flexibility index (Phi) is 6.21. The lowest BCUT2D eigenvalue weighted by Gasteiger charge is -2.22. The van der Waals surface area contributed by atoms with E-state index in [1.165, 1.54) is 4.90 Å². The molecular weight excluding hydrogens is 270 g/mol. The largest absolute Gasteiger partial charge is 0.527 e. The number of aliphatic hydroxyl groups is 1. The predicted octanol–water partition coefficient (Wildman–Crippen LogP) is 3.29. The molecule has 0 bridgehead atoms. The van der Waals surface area contributed by atoms with Gasteiger partial charge in [-0.25, -0.2) is 0 Å². The first kappa shape index (κ1) is 16.5. The van der Waals surface area contributed by atoms with Gasteiger partial charge in [0, 0.05) is 12.2 Å². The van der Waals surface area contributed by atoms with E-state index in [9.17, 15) is 9.90 Å². The van der Waals surface area contributed by atoms with Gasteiger partial charge in [0.05, 0.1) is 6.61 Å². The van der Waals surface area contributed by atoms with Crippen molar-refractivity contribution in [2.45, 2.75) is 20.8 Å². The van der Waals surface area contributed by atoms with Crippen LogP contribution in [0.2, 0.25) is 0 Å². The Hall–Kier alpha value is -2.55. The minimum atomic E-state index is -0.685. The number of carbonyl (C=O) groups excluding carboxylic acids is 1. The third-order valence-corrected chi connectivity index (χ3v) is 2.65. The molecule has 0 aliphatic carbocycles. The Morgan fingerprint density at radius 3 is 2.48 bits per heavy atom. The fraction of sp³-hybridized carbons (Fsp3) is 0.400. The second-order valence-corrected chi connectivity index (χ2v) is 4.83. The molecule has 0 aliphatic heterocycles. The first-order chi connectivity index (χ1) is 10.0. The van der Waals surface area contributed by atoms with Crippen LogP contribution in [0.4, 0.5) is 5.69 Å². The van der Waals surface area contributed by atoms with Crippen LogP contribution < -0.4 is 4.90 Å². The van der Waals surface area contributed by atoms with E-state index >= 15 is 0 Å². The van der Waals surface area contributed by atoms with Crippen LogP contribution in [0.5, 0.6) is 0 Å². The number of carbonyl (C=O) groups is 1. The molecule has 0 unspecified atom stereocenters. The average molecular weight is 290 g/mol. The third kappa shape index (κ3) is 4.49. The lowest BCUT2D eigenvalue weighted by molar-refractivity contribution is -0.115. The molecule has 0 radical (unpaired) electrons. The van der Waals surface area contributed by atoms with Crippen molar-refractivity contribution in [3.8, 4) is 0 Å². The minimum absolute atomic E-state index is 0.160. The zero-order valence-corrected chi connectivity index (χ0v) is 12.5. The number of benzene rings is 1. The molecule has 0 atom stereocenters. The summed E-state index contributed by atoms with van der Waals surface area (Å²) in [5.74, 6) is -1.11. The van der Waals surface area contributed by atoms with Gasteiger partial charge in [0.15, 0.2) is 4.98 Å². The highest BCUT2D eigenvalue weighted by Crippen LogP contribution is 2.20. The molecule has 0 aromatic heterocycles. The molecule has 21 heavy (non-hydrogen) atoms. The van der Waals surface area contributed by atoms with E-state index in [-0.39, 0.29) is 12.5 Å². The van der Waals surface area contributed by atoms with E-state index in [1.54, 1.807) is 31.2 Å². The van der Waals surface area contributed by atoms with Crippen LogP contribution in [0.15, 0.2) is 42.0 Å². The normalized spacial score (nSPS) is 11.6. The van der Waals surface area contributed by atoms with E-state index in [0.29, 0.717) is 12.2 Å². The molecule has 0 saturated heterocycles. The van der Waals surface area contributed by atoms with Gasteiger partial charge in [-0.05, 0) is 25.0 Å². The minimum Gasteiger partial charge on any atom is -0.475 e. The number of hydrogen-bond donors (Lipinski definition) is 1. The van der Waals surface area contributed by atoms with Gasteiger partial charge in [-0.15, -0.1) is 0 Å². The summed E-state index contributed by atoms with van der Waals surface area (Å²) in [7, 11) is 0. The molecule has 0 aliphatic rings.